The molecule has 0 saturated heterocycles. The molecule has 1 amide bonds. The molecule has 0 aliphatic carbocycles. The van der Waals surface area contributed by atoms with Crippen LogP contribution in [0.4, 0.5) is 0 Å². The third-order valence-corrected chi connectivity index (χ3v) is 4.68. The van der Waals surface area contributed by atoms with Crippen molar-refractivity contribution in [2.24, 2.45) is 0 Å². The van der Waals surface area contributed by atoms with Crippen molar-refractivity contribution in [1.29, 1.82) is 5.26 Å². The van der Waals surface area contributed by atoms with Crippen LogP contribution in [0, 0.1) is 11.3 Å². The van der Waals surface area contributed by atoms with Crippen LogP contribution in [-0.2, 0) is 0 Å². The lowest BCUT2D eigenvalue weighted by Gasteiger charge is -2.27. The van der Waals surface area contributed by atoms with Crippen molar-refractivity contribution >= 4 is 11.5 Å². The number of hydrogen-bond acceptors (Lipinski definition) is 4. The molecule has 1 aliphatic rings. The molecule has 0 spiro atoms. The van der Waals surface area contributed by atoms with Crippen molar-refractivity contribution < 1.29 is 4.79 Å². The highest BCUT2D eigenvalue weighted by Gasteiger charge is 2.19. The van der Waals surface area contributed by atoms with E-state index in [2.05, 4.69) is 22.2 Å². The lowest BCUT2D eigenvalue weighted by Crippen LogP contribution is -2.34. The van der Waals surface area contributed by atoms with Crippen molar-refractivity contribution in [2.45, 2.75) is 6.42 Å². The van der Waals surface area contributed by atoms with E-state index in [1.807, 2.05) is 53.4 Å². The number of amides is 1. The second kappa shape index (κ2) is 7.26. The fourth-order valence-corrected chi connectivity index (χ4v) is 3.16. The maximum atomic E-state index is 12.8. The monoisotopic (exact) mass is 355 g/mol. The fourth-order valence-electron chi connectivity index (χ4n) is 3.16. The predicted molar refractivity (Wildman–Crippen MR) is 101 cm³/mol. The molecule has 1 aliphatic heterocycles. The Morgan fingerprint density at radius 1 is 1.07 bits per heavy atom. The fraction of sp³-hybridized carbons (Fsp3) is 0.143. The van der Waals surface area contributed by atoms with E-state index in [9.17, 15) is 4.79 Å². The minimum Gasteiger partial charge on any atom is -0.335 e. The maximum Gasteiger partial charge on any atom is 0.254 e. The van der Waals surface area contributed by atoms with Crippen molar-refractivity contribution in [1.82, 2.24) is 19.7 Å². The summed E-state index contributed by atoms with van der Waals surface area (Å²) in [5, 5.41) is 13.0. The van der Waals surface area contributed by atoms with Crippen LogP contribution < -0.4 is 0 Å². The zero-order valence-electron chi connectivity index (χ0n) is 14.6. The lowest BCUT2D eigenvalue weighted by atomic mass is 9.98. The van der Waals surface area contributed by atoms with Gasteiger partial charge in [-0.1, -0.05) is 18.2 Å². The quantitative estimate of drug-likeness (QED) is 0.724. The van der Waals surface area contributed by atoms with E-state index in [0.717, 1.165) is 17.7 Å². The Morgan fingerprint density at radius 3 is 2.44 bits per heavy atom. The second-order valence-electron chi connectivity index (χ2n) is 6.31. The Balaban J connectivity index is 1.44. The van der Waals surface area contributed by atoms with Gasteiger partial charge in [0.25, 0.3) is 5.91 Å². The Hall–Kier alpha value is -3.72. The summed E-state index contributed by atoms with van der Waals surface area (Å²) < 4.78 is 1.65. The van der Waals surface area contributed by atoms with Crippen LogP contribution in [0.25, 0.3) is 11.3 Å². The van der Waals surface area contributed by atoms with Crippen LogP contribution in [0.2, 0.25) is 0 Å². The first-order chi connectivity index (χ1) is 13.2. The molecule has 6 heteroatoms. The van der Waals surface area contributed by atoms with E-state index in [4.69, 9.17) is 5.26 Å². The largest absolute Gasteiger partial charge is 0.335 e. The topological polar surface area (TPSA) is 74.8 Å². The molecule has 0 saturated carbocycles. The SMILES string of the molecule is N#Cc1ccc(C2=CCN(C(=O)c3ccc(-n4cncn4)cc3)CC2)cc1. The average molecular weight is 355 g/mol. The first-order valence-electron chi connectivity index (χ1n) is 8.68. The van der Waals surface area contributed by atoms with Crippen LogP contribution in [-0.4, -0.2) is 38.7 Å². The van der Waals surface area contributed by atoms with Crippen LogP contribution in [0.1, 0.15) is 27.9 Å². The summed E-state index contributed by atoms with van der Waals surface area (Å²) in [6, 6.07) is 17.1. The third kappa shape index (κ3) is 3.48. The van der Waals surface area contributed by atoms with E-state index in [1.165, 1.54) is 11.9 Å². The number of aromatic nitrogens is 3. The summed E-state index contributed by atoms with van der Waals surface area (Å²) in [7, 11) is 0. The minimum absolute atomic E-state index is 0.0234. The van der Waals surface area contributed by atoms with E-state index in [1.54, 1.807) is 11.0 Å². The first kappa shape index (κ1) is 16.7. The Labute approximate surface area is 157 Å². The summed E-state index contributed by atoms with van der Waals surface area (Å²) in [6.07, 6.45) is 5.99. The van der Waals surface area contributed by atoms with Crippen LogP contribution >= 0.6 is 0 Å². The molecule has 1 aromatic heterocycles. The van der Waals surface area contributed by atoms with Gasteiger partial charge in [0.05, 0.1) is 17.3 Å². The van der Waals surface area contributed by atoms with Crippen LogP contribution in [0.5, 0.6) is 0 Å². The summed E-state index contributed by atoms with van der Waals surface area (Å²) in [6.45, 7) is 1.26. The normalized spacial score (nSPS) is 13.7. The van der Waals surface area contributed by atoms with Crippen molar-refractivity contribution in [3.05, 3.63) is 84.0 Å². The first-order valence-corrected chi connectivity index (χ1v) is 8.68. The molecule has 132 valence electrons. The van der Waals surface area contributed by atoms with Crippen molar-refractivity contribution in [3.8, 4) is 11.8 Å². The number of carbonyl (C=O) groups is 1. The predicted octanol–water partition coefficient (Wildman–Crippen LogP) is 3.07. The molecule has 4 rings (SSSR count). The maximum absolute atomic E-state index is 12.8. The molecular formula is C21H17N5O. The van der Waals surface area contributed by atoms with Gasteiger partial charge in [-0.25, -0.2) is 9.67 Å². The van der Waals surface area contributed by atoms with Crippen molar-refractivity contribution in [2.75, 3.05) is 13.1 Å². The van der Waals surface area contributed by atoms with Crippen molar-refractivity contribution in [3.63, 3.8) is 0 Å². The Bertz CT molecular complexity index is 1010. The van der Waals surface area contributed by atoms with Gasteiger partial charge in [-0.05, 0) is 54.0 Å². The van der Waals surface area contributed by atoms with E-state index >= 15 is 0 Å². The summed E-state index contributed by atoms with van der Waals surface area (Å²) in [4.78, 5) is 18.5. The average Bonchev–Trinajstić information content (AvgIpc) is 3.28. The van der Waals surface area contributed by atoms with Gasteiger partial charge in [0.1, 0.15) is 12.7 Å². The number of carbonyl (C=O) groups excluding carboxylic acids is 1. The van der Waals surface area contributed by atoms with Gasteiger partial charge in [-0.3, -0.25) is 4.79 Å². The second-order valence-corrected chi connectivity index (χ2v) is 6.31. The van der Waals surface area contributed by atoms with E-state index in [-0.39, 0.29) is 5.91 Å². The molecule has 0 radical (unpaired) electrons. The highest BCUT2D eigenvalue weighted by atomic mass is 16.2. The number of nitrogens with zero attached hydrogens (tertiary/aromatic N) is 5. The number of nitriles is 1. The van der Waals surface area contributed by atoms with Gasteiger partial charge < -0.3 is 4.90 Å². The molecule has 0 unspecified atom stereocenters. The molecule has 27 heavy (non-hydrogen) atoms. The Morgan fingerprint density at radius 2 is 1.85 bits per heavy atom. The van der Waals surface area contributed by atoms with Gasteiger partial charge >= 0.3 is 0 Å². The number of rotatable bonds is 3. The standard InChI is InChI=1S/C21H17N5O/c22-13-16-1-3-17(4-2-16)18-9-11-25(12-10-18)21(27)19-5-7-20(8-6-19)26-15-23-14-24-26/h1-9,14-15H,10-12H2. The summed E-state index contributed by atoms with van der Waals surface area (Å²) in [5.41, 5.74) is 4.50. The molecular weight excluding hydrogens is 338 g/mol. The Kier molecular flexibility index (Phi) is 4.50. The van der Waals surface area contributed by atoms with Gasteiger partial charge in [-0.2, -0.15) is 10.4 Å². The lowest BCUT2D eigenvalue weighted by molar-refractivity contribution is 0.0773. The zero-order valence-corrected chi connectivity index (χ0v) is 14.6. The highest BCUT2D eigenvalue weighted by Crippen LogP contribution is 2.23. The van der Waals surface area contributed by atoms with Crippen LogP contribution in [0.15, 0.2) is 67.3 Å². The van der Waals surface area contributed by atoms with Crippen LogP contribution in [0.3, 0.4) is 0 Å². The molecule has 6 nitrogen and oxygen atoms in total. The molecule has 0 atom stereocenters. The van der Waals surface area contributed by atoms with Gasteiger partial charge in [0, 0.05) is 18.7 Å². The smallest absolute Gasteiger partial charge is 0.254 e. The molecule has 0 bridgehead atoms. The number of benzene rings is 2. The summed E-state index contributed by atoms with van der Waals surface area (Å²) >= 11 is 0. The molecule has 0 fully saturated rings. The van der Waals surface area contributed by atoms with Gasteiger partial charge in [-0.15, -0.1) is 0 Å². The summed E-state index contributed by atoms with van der Waals surface area (Å²) in [5.74, 6) is 0.0234. The van der Waals surface area contributed by atoms with Gasteiger partial charge in [0.2, 0.25) is 0 Å². The molecule has 0 N–H and O–H groups in total. The van der Waals surface area contributed by atoms with Gasteiger partial charge in [0.15, 0.2) is 0 Å². The number of hydrogen-bond donors (Lipinski definition) is 0. The minimum atomic E-state index is 0.0234. The molecule has 2 aromatic carbocycles. The van der Waals surface area contributed by atoms with E-state index in [0.29, 0.717) is 24.2 Å². The van der Waals surface area contributed by atoms with E-state index < -0.39 is 0 Å². The third-order valence-electron chi connectivity index (χ3n) is 4.68. The molecule has 2 heterocycles. The molecule has 3 aromatic rings. The zero-order chi connectivity index (χ0) is 18.6. The highest BCUT2D eigenvalue weighted by molar-refractivity contribution is 5.95.